The van der Waals surface area contributed by atoms with Crippen molar-refractivity contribution >= 4 is 0 Å². The Morgan fingerprint density at radius 3 is 2.44 bits per heavy atom. The van der Waals surface area contributed by atoms with E-state index in [0.29, 0.717) is 0 Å². The van der Waals surface area contributed by atoms with E-state index in [9.17, 15) is 0 Å². The van der Waals surface area contributed by atoms with Gasteiger partial charge in [-0.2, -0.15) is 0 Å². The zero-order valence-electron chi connectivity index (χ0n) is 11.8. The van der Waals surface area contributed by atoms with E-state index in [1.807, 2.05) is 0 Å². The molecule has 0 aliphatic heterocycles. The summed E-state index contributed by atoms with van der Waals surface area (Å²) in [6, 6.07) is 1.03. The van der Waals surface area contributed by atoms with Gasteiger partial charge in [-0.1, -0.05) is 40.5 Å². The van der Waals surface area contributed by atoms with Crippen LogP contribution < -0.4 is 5.73 Å². The molecule has 0 radical (unpaired) electrons. The minimum absolute atomic E-state index is 0.217. The number of likely N-dealkylation sites (N-methyl/N-ethyl adjacent to an activating group) is 1. The molecule has 0 aromatic rings. The average Bonchev–Trinajstić information content (AvgIpc) is 2.16. The molecule has 0 aromatic heterocycles. The van der Waals surface area contributed by atoms with Crippen LogP contribution in [0.4, 0.5) is 0 Å². The molecule has 0 aromatic carbocycles. The molecule has 0 spiro atoms. The van der Waals surface area contributed by atoms with Crippen molar-refractivity contribution in [1.29, 1.82) is 0 Å². The van der Waals surface area contributed by atoms with Crippen LogP contribution in [0.25, 0.3) is 0 Å². The number of nitrogens with two attached hydrogens (primary N) is 1. The molecular weight excluding hydrogens is 196 g/mol. The summed E-state index contributed by atoms with van der Waals surface area (Å²) in [5.74, 6) is 0.895. The second-order valence-electron chi connectivity index (χ2n) is 6.84. The Morgan fingerprint density at radius 2 is 1.94 bits per heavy atom. The van der Waals surface area contributed by atoms with Crippen molar-refractivity contribution in [3.63, 3.8) is 0 Å². The lowest BCUT2D eigenvalue weighted by Gasteiger charge is -2.38. The Bertz CT molecular complexity index is 207. The summed E-state index contributed by atoms with van der Waals surface area (Å²) in [4.78, 5) is 2.49. The van der Waals surface area contributed by atoms with Crippen molar-refractivity contribution in [1.82, 2.24) is 4.90 Å². The highest BCUT2D eigenvalue weighted by Gasteiger charge is 2.27. The number of rotatable bonds is 3. The molecule has 0 bridgehead atoms. The number of hydrogen-bond acceptors (Lipinski definition) is 2. The van der Waals surface area contributed by atoms with E-state index in [4.69, 9.17) is 5.73 Å². The van der Waals surface area contributed by atoms with Gasteiger partial charge in [0.25, 0.3) is 0 Å². The van der Waals surface area contributed by atoms with Crippen molar-refractivity contribution in [2.45, 2.75) is 65.5 Å². The first-order valence-electron chi connectivity index (χ1n) is 6.76. The topological polar surface area (TPSA) is 29.3 Å². The van der Waals surface area contributed by atoms with Gasteiger partial charge in [0.2, 0.25) is 0 Å². The van der Waals surface area contributed by atoms with E-state index in [2.05, 4.69) is 39.6 Å². The van der Waals surface area contributed by atoms with E-state index < -0.39 is 0 Å². The van der Waals surface area contributed by atoms with Crippen molar-refractivity contribution in [2.75, 3.05) is 13.6 Å². The van der Waals surface area contributed by atoms with Gasteiger partial charge in [-0.05, 0) is 31.2 Å². The summed E-state index contributed by atoms with van der Waals surface area (Å²) < 4.78 is 0. The first-order valence-corrected chi connectivity index (χ1v) is 6.76. The molecule has 1 fully saturated rings. The first-order chi connectivity index (χ1) is 7.30. The lowest BCUT2D eigenvalue weighted by Crippen LogP contribution is -2.48. The van der Waals surface area contributed by atoms with E-state index in [1.54, 1.807) is 0 Å². The Morgan fingerprint density at radius 1 is 1.31 bits per heavy atom. The third kappa shape index (κ3) is 4.06. The predicted molar refractivity (Wildman–Crippen MR) is 71.5 cm³/mol. The van der Waals surface area contributed by atoms with Gasteiger partial charge in [-0.15, -0.1) is 0 Å². The summed E-state index contributed by atoms with van der Waals surface area (Å²) >= 11 is 0. The quantitative estimate of drug-likeness (QED) is 0.802. The monoisotopic (exact) mass is 226 g/mol. The highest BCUT2D eigenvalue weighted by atomic mass is 15.1. The fourth-order valence-corrected chi connectivity index (χ4v) is 2.54. The van der Waals surface area contributed by atoms with Crippen LogP contribution in [0.1, 0.15) is 53.4 Å². The zero-order chi connectivity index (χ0) is 12.3. The van der Waals surface area contributed by atoms with Crippen LogP contribution in [-0.2, 0) is 0 Å². The van der Waals surface area contributed by atoms with Gasteiger partial charge < -0.3 is 10.6 Å². The lowest BCUT2D eigenvalue weighted by atomic mass is 9.84. The number of hydrogen-bond donors (Lipinski definition) is 1. The van der Waals surface area contributed by atoms with E-state index in [1.165, 1.54) is 25.7 Å². The number of nitrogens with zero attached hydrogens (tertiary/aromatic N) is 1. The second-order valence-corrected chi connectivity index (χ2v) is 6.84. The standard InChI is InChI=1S/C14H30N2/c1-11-7-6-8-12(9-11)16(5)10-13(15)14(2,3)4/h11-13H,6-10,15H2,1-5H3. The van der Waals surface area contributed by atoms with Gasteiger partial charge in [0, 0.05) is 18.6 Å². The Labute approximate surface area is 102 Å². The molecule has 3 unspecified atom stereocenters. The Hall–Kier alpha value is -0.0800. The third-order valence-electron chi connectivity index (χ3n) is 4.13. The maximum Gasteiger partial charge on any atom is 0.0217 e. The largest absolute Gasteiger partial charge is 0.326 e. The maximum atomic E-state index is 6.25. The Balaban J connectivity index is 2.42. The van der Waals surface area contributed by atoms with Crippen LogP contribution in [0.15, 0.2) is 0 Å². The van der Waals surface area contributed by atoms with Crippen molar-refractivity contribution < 1.29 is 0 Å². The zero-order valence-corrected chi connectivity index (χ0v) is 11.8. The lowest BCUT2D eigenvalue weighted by molar-refractivity contribution is 0.134. The fourth-order valence-electron chi connectivity index (χ4n) is 2.54. The molecule has 1 rings (SSSR count). The molecule has 1 aliphatic carbocycles. The summed E-state index contributed by atoms with van der Waals surface area (Å²) in [6.45, 7) is 10.1. The van der Waals surface area contributed by atoms with Crippen LogP contribution in [0, 0.1) is 11.3 Å². The SMILES string of the molecule is CC1CCCC(N(C)CC(N)C(C)(C)C)C1. The van der Waals surface area contributed by atoms with Crippen molar-refractivity contribution in [3.05, 3.63) is 0 Å². The molecule has 0 saturated heterocycles. The van der Waals surface area contributed by atoms with Crippen LogP contribution in [0.3, 0.4) is 0 Å². The van der Waals surface area contributed by atoms with Gasteiger partial charge in [0.15, 0.2) is 0 Å². The predicted octanol–water partition coefficient (Wildman–Crippen LogP) is 2.87. The molecular formula is C14H30N2. The smallest absolute Gasteiger partial charge is 0.0217 e. The minimum Gasteiger partial charge on any atom is -0.326 e. The van der Waals surface area contributed by atoms with Gasteiger partial charge in [0.05, 0.1) is 0 Å². The summed E-state index contributed by atoms with van der Waals surface area (Å²) in [6.07, 6.45) is 5.52. The van der Waals surface area contributed by atoms with E-state index in [0.717, 1.165) is 18.5 Å². The van der Waals surface area contributed by atoms with Gasteiger partial charge in [-0.25, -0.2) is 0 Å². The highest BCUT2D eigenvalue weighted by Crippen LogP contribution is 2.27. The normalized spacial score (nSPS) is 29.4. The van der Waals surface area contributed by atoms with Crippen LogP contribution >= 0.6 is 0 Å². The third-order valence-corrected chi connectivity index (χ3v) is 4.13. The minimum atomic E-state index is 0.217. The second kappa shape index (κ2) is 5.50. The Kier molecular flexibility index (Phi) is 4.81. The van der Waals surface area contributed by atoms with Gasteiger partial charge >= 0.3 is 0 Å². The van der Waals surface area contributed by atoms with Crippen LogP contribution in [0.5, 0.6) is 0 Å². The molecule has 16 heavy (non-hydrogen) atoms. The molecule has 1 aliphatic rings. The van der Waals surface area contributed by atoms with Gasteiger partial charge in [-0.3, -0.25) is 0 Å². The molecule has 2 N–H and O–H groups in total. The summed E-state index contributed by atoms with van der Waals surface area (Å²) in [5.41, 5.74) is 6.47. The molecule has 96 valence electrons. The molecule has 3 atom stereocenters. The van der Waals surface area contributed by atoms with E-state index in [-0.39, 0.29) is 11.5 Å². The van der Waals surface area contributed by atoms with Gasteiger partial charge in [0.1, 0.15) is 0 Å². The average molecular weight is 226 g/mol. The molecule has 2 nitrogen and oxygen atoms in total. The highest BCUT2D eigenvalue weighted by molar-refractivity contribution is 4.84. The van der Waals surface area contributed by atoms with Crippen molar-refractivity contribution in [2.24, 2.45) is 17.1 Å². The first kappa shape index (κ1) is 14.0. The van der Waals surface area contributed by atoms with E-state index >= 15 is 0 Å². The van der Waals surface area contributed by atoms with Crippen molar-refractivity contribution in [3.8, 4) is 0 Å². The van der Waals surface area contributed by atoms with Crippen LogP contribution in [-0.4, -0.2) is 30.6 Å². The molecule has 1 saturated carbocycles. The molecule has 2 heteroatoms. The van der Waals surface area contributed by atoms with Crippen LogP contribution in [0.2, 0.25) is 0 Å². The molecule has 0 heterocycles. The fraction of sp³-hybridized carbons (Fsp3) is 1.00. The maximum absolute atomic E-state index is 6.25. The summed E-state index contributed by atoms with van der Waals surface area (Å²) in [7, 11) is 2.24. The summed E-state index contributed by atoms with van der Waals surface area (Å²) in [5, 5.41) is 0. The molecule has 0 amide bonds.